The van der Waals surface area contributed by atoms with Crippen molar-refractivity contribution in [1.29, 1.82) is 0 Å². The molecule has 3 nitrogen and oxygen atoms in total. The average molecular weight is 316 g/mol. The van der Waals surface area contributed by atoms with Crippen molar-refractivity contribution in [2.75, 3.05) is 11.9 Å². The maximum atomic E-state index is 13.4. The molecule has 0 fully saturated rings. The average Bonchev–Trinajstić information content (AvgIpc) is 2.84. The number of hydrogen-bond acceptors (Lipinski definition) is 2. The summed E-state index contributed by atoms with van der Waals surface area (Å²) < 4.78 is 28.6. The lowest BCUT2D eigenvalue weighted by Gasteiger charge is -2.08. The molecule has 0 amide bonds. The van der Waals surface area contributed by atoms with E-state index >= 15 is 0 Å². The van der Waals surface area contributed by atoms with Crippen LogP contribution >= 0.6 is 15.9 Å². The normalized spacial score (nSPS) is 10.6. The summed E-state index contributed by atoms with van der Waals surface area (Å²) in [5, 5.41) is 2.94. The van der Waals surface area contributed by atoms with Gasteiger partial charge >= 0.3 is 0 Å². The molecule has 1 aromatic heterocycles. The Morgan fingerprint density at radius 2 is 2.11 bits per heavy atom. The zero-order valence-corrected chi connectivity index (χ0v) is 11.1. The SMILES string of the molecule is Fc1cc(F)c(NCCCn2ccnc2)cc1Br. The van der Waals surface area contributed by atoms with Crippen LogP contribution in [0.5, 0.6) is 0 Å². The lowest BCUT2D eigenvalue weighted by atomic mass is 10.3. The maximum absolute atomic E-state index is 13.4. The first-order valence-electron chi connectivity index (χ1n) is 5.51. The Kier molecular flexibility index (Phi) is 4.30. The highest BCUT2D eigenvalue weighted by molar-refractivity contribution is 9.10. The Bertz CT molecular complexity index is 514. The number of imidazole rings is 1. The number of halogens is 3. The van der Waals surface area contributed by atoms with Gasteiger partial charge < -0.3 is 9.88 Å². The minimum absolute atomic E-state index is 0.251. The number of aryl methyl sites for hydroxylation is 1. The highest BCUT2D eigenvalue weighted by atomic mass is 79.9. The van der Waals surface area contributed by atoms with E-state index in [2.05, 4.69) is 26.2 Å². The van der Waals surface area contributed by atoms with Gasteiger partial charge in [-0.2, -0.15) is 0 Å². The first kappa shape index (κ1) is 13.0. The third-order valence-electron chi connectivity index (χ3n) is 2.48. The molecule has 0 aliphatic heterocycles. The number of nitrogens with one attached hydrogen (secondary N) is 1. The van der Waals surface area contributed by atoms with E-state index in [1.807, 2.05) is 10.8 Å². The van der Waals surface area contributed by atoms with E-state index in [-0.39, 0.29) is 4.47 Å². The van der Waals surface area contributed by atoms with Gasteiger partial charge in [-0.1, -0.05) is 0 Å². The van der Waals surface area contributed by atoms with Gasteiger partial charge in [-0.05, 0) is 28.4 Å². The number of rotatable bonds is 5. The molecule has 0 radical (unpaired) electrons. The van der Waals surface area contributed by atoms with Gasteiger partial charge in [0.1, 0.15) is 11.6 Å². The molecule has 0 aliphatic rings. The van der Waals surface area contributed by atoms with Gasteiger partial charge in [0.05, 0.1) is 16.5 Å². The van der Waals surface area contributed by atoms with Crippen LogP contribution < -0.4 is 5.32 Å². The van der Waals surface area contributed by atoms with Crippen LogP contribution in [-0.4, -0.2) is 16.1 Å². The fourth-order valence-corrected chi connectivity index (χ4v) is 1.91. The zero-order valence-electron chi connectivity index (χ0n) is 9.54. The molecule has 0 saturated carbocycles. The molecule has 2 aromatic rings. The van der Waals surface area contributed by atoms with Crippen LogP contribution in [0.15, 0.2) is 35.3 Å². The Morgan fingerprint density at radius 3 is 2.83 bits per heavy atom. The van der Waals surface area contributed by atoms with Crippen molar-refractivity contribution in [3.8, 4) is 0 Å². The zero-order chi connectivity index (χ0) is 13.0. The minimum Gasteiger partial charge on any atom is -0.383 e. The van der Waals surface area contributed by atoms with Crippen LogP contribution in [0.2, 0.25) is 0 Å². The fourth-order valence-electron chi connectivity index (χ4n) is 1.56. The van der Waals surface area contributed by atoms with Crippen LogP contribution in [0.3, 0.4) is 0 Å². The summed E-state index contributed by atoms with van der Waals surface area (Å²) in [7, 11) is 0. The molecule has 0 unspecified atom stereocenters. The van der Waals surface area contributed by atoms with Crippen molar-refractivity contribution in [3.63, 3.8) is 0 Å². The molecule has 6 heteroatoms. The van der Waals surface area contributed by atoms with Crippen LogP contribution in [0.25, 0.3) is 0 Å². The summed E-state index contributed by atoms with van der Waals surface area (Å²) in [6.45, 7) is 1.41. The number of hydrogen-bond donors (Lipinski definition) is 1. The maximum Gasteiger partial charge on any atom is 0.149 e. The first-order chi connectivity index (χ1) is 8.66. The van der Waals surface area contributed by atoms with E-state index in [0.29, 0.717) is 12.2 Å². The standard InChI is InChI=1S/C12H12BrF2N3/c13-9-6-12(11(15)7-10(9)14)17-2-1-4-18-5-3-16-8-18/h3,5-8,17H,1-2,4H2. The van der Waals surface area contributed by atoms with Gasteiger partial charge in [-0.15, -0.1) is 0 Å². The number of anilines is 1. The molecule has 0 aliphatic carbocycles. The number of aromatic nitrogens is 2. The third kappa shape index (κ3) is 3.29. The van der Waals surface area contributed by atoms with Crippen molar-refractivity contribution in [2.24, 2.45) is 0 Å². The van der Waals surface area contributed by atoms with Gasteiger partial charge in [0.15, 0.2) is 0 Å². The molecule has 96 valence electrons. The summed E-state index contributed by atoms with van der Waals surface area (Å²) in [4.78, 5) is 3.93. The van der Waals surface area contributed by atoms with Gasteiger partial charge in [-0.25, -0.2) is 13.8 Å². The Balaban J connectivity index is 1.85. The number of nitrogens with zero attached hydrogens (tertiary/aromatic N) is 2. The predicted octanol–water partition coefficient (Wildman–Crippen LogP) is 3.43. The largest absolute Gasteiger partial charge is 0.383 e. The highest BCUT2D eigenvalue weighted by Gasteiger charge is 2.07. The molecule has 18 heavy (non-hydrogen) atoms. The van der Waals surface area contributed by atoms with Crippen LogP contribution in [0.1, 0.15) is 6.42 Å². The fraction of sp³-hybridized carbons (Fsp3) is 0.250. The van der Waals surface area contributed by atoms with Crippen molar-refractivity contribution in [1.82, 2.24) is 9.55 Å². The van der Waals surface area contributed by atoms with Crippen LogP contribution in [0.4, 0.5) is 14.5 Å². The molecular weight excluding hydrogens is 304 g/mol. The molecule has 2 rings (SSSR count). The Labute approximate surface area is 112 Å². The summed E-state index contributed by atoms with van der Waals surface area (Å²) in [5.41, 5.74) is 0.300. The monoisotopic (exact) mass is 315 g/mol. The topological polar surface area (TPSA) is 29.9 Å². The number of benzene rings is 1. The molecule has 1 aromatic carbocycles. The molecule has 0 bridgehead atoms. The van der Waals surface area contributed by atoms with E-state index in [1.165, 1.54) is 6.07 Å². The molecule has 1 heterocycles. The van der Waals surface area contributed by atoms with Crippen molar-refractivity contribution >= 4 is 21.6 Å². The first-order valence-corrected chi connectivity index (χ1v) is 6.30. The Morgan fingerprint density at radius 1 is 1.28 bits per heavy atom. The van der Waals surface area contributed by atoms with E-state index in [4.69, 9.17) is 0 Å². The second-order valence-electron chi connectivity index (χ2n) is 3.83. The molecular formula is C12H12BrF2N3. The second-order valence-corrected chi connectivity index (χ2v) is 4.68. The Hall–Kier alpha value is -1.43. The lowest BCUT2D eigenvalue weighted by Crippen LogP contribution is -2.07. The summed E-state index contributed by atoms with van der Waals surface area (Å²) >= 11 is 3.03. The highest BCUT2D eigenvalue weighted by Crippen LogP contribution is 2.23. The van der Waals surface area contributed by atoms with Crippen molar-refractivity contribution in [2.45, 2.75) is 13.0 Å². The van der Waals surface area contributed by atoms with E-state index in [9.17, 15) is 8.78 Å². The van der Waals surface area contributed by atoms with E-state index < -0.39 is 11.6 Å². The van der Waals surface area contributed by atoms with Crippen LogP contribution in [-0.2, 0) is 6.54 Å². The van der Waals surface area contributed by atoms with Gasteiger partial charge in [0, 0.05) is 31.5 Å². The van der Waals surface area contributed by atoms with Crippen molar-refractivity contribution < 1.29 is 8.78 Å². The molecule has 0 saturated heterocycles. The summed E-state index contributed by atoms with van der Waals surface area (Å²) in [6, 6.07) is 2.27. The van der Waals surface area contributed by atoms with Gasteiger partial charge in [0.25, 0.3) is 0 Å². The van der Waals surface area contributed by atoms with E-state index in [1.54, 1.807) is 12.5 Å². The predicted molar refractivity (Wildman–Crippen MR) is 69.4 cm³/mol. The smallest absolute Gasteiger partial charge is 0.149 e. The quantitative estimate of drug-likeness (QED) is 0.676. The molecule has 0 atom stereocenters. The van der Waals surface area contributed by atoms with Crippen molar-refractivity contribution in [3.05, 3.63) is 47.0 Å². The van der Waals surface area contributed by atoms with Crippen LogP contribution in [0, 0.1) is 11.6 Å². The van der Waals surface area contributed by atoms with Gasteiger partial charge in [-0.3, -0.25) is 0 Å². The summed E-state index contributed by atoms with van der Waals surface area (Å²) in [6.07, 6.45) is 6.14. The molecule has 1 N–H and O–H groups in total. The second kappa shape index (κ2) is 5.95. The minimum atomic E-state index is -0.600. The summed E-state index contributed by atoms with van der Waals surface area (Å²) in [5.74, 6) is -1.19. The lowest BCUT2D eigenvalue weighted by molar-refractivity contribution is 0.579. The molecule has 0 spiro atoms. The third-order valence-corrected chi connectivity index (χ3v) is 3.09. The van der Waals surface area contributed by atoms with E-state index in [0.717, 1.165) is 19.0 Å². The van der Waals surface area contributed by atoms with Gasteiger partial charge in [0.2, 0.25) is 0 Å².